The van der Waals surface area contributed by atoms with Crippen LogP contribution in [0.2, 0.25) is 0 Å². The normalized spacial score (nSPS) is 19.6. The van der Waals surface area contributed by atoms with Crippen molar-refractivity contribution in [3.63, 3.8) is 0 Å². The Balaban J connectivity index is 1.87. The molecule has 0 bridgehead atoms. The Morgan fingerprint density at radius 3 is 3.10 bits per heavy atom. The molecule has 0 saturated heterocycles. The lowest BCUT2D eigenvalue weighted by Gasteiger charge is -2.22. The maximum atomic E-state index is 6.06. The van der Waals surface area contributed by atoms with E-state index in [4.69, 9.17) is 10.3 Å². The van der Waals surface area contributed by atoms with E-state index in [1.165, 1.54) is 17.5 Å². The number of aromatic nitrogens is 2. The zero-order chi connectivity index (χ0) is 13.9. The molecule has 2 aromatic rings. The van der Waals surface area contributed by atoms with Crippen molar-refractivity contribution >= 4 is 0 Å². The average Bonchev–Trinajstić information content (AvgIpc) is 2.97. The highest BCUT2D eigenvalue weighted by Gasteiger charge is 2.27. The summed E-state index contributed by atoms with van der Waals surface area (Å²) >= 11 is 0. The lowest BCUT2D eigenvalue weighted by molar-refractivity contribution is 0.347. The van der Waals surface area contributed by atoms with Crippen LogP contribution in [-0.2, 0) is 6.42 Å². The van der Waals surface area contributed by atoms with Gasteiger partial charge in [-0.25, -0.2) is 0 Å². The summed E-state index contributed by atoms with van der Waals surface area (Å²) in [5, 5.41) is 4.07. The number of hydrogen-bond acceptors (Lipinski definition) is 4. The summed E-state index contributed by atoms with van der Waals surface area (Å²) in [6.45, 7) is 2.11. The average molecular weight is 271 g/mol. The van der Waals surface area contributed by atoms with Crippen molar-refractivity contribution in [1.29, 1.82) is 0 Å². The zero-order valence-electron chi connectivity index (χ0n) is 11.9. The topological polar surface area (TPSA) is 64.9 Å². The van der Waals surface area contributed by atoms with Crippen molar-refractivity contribution in [3.8, 4) is 0 Å². The SMILES string of the molecule is CCCC(N)c1noc(C2CCCc3ccccc32)n1. The van der Waals surface area contributed by atoms with E-state index in [1.807, 2.05) is 0 Å². The first-order valence-electron chi connectivity index (χ1n) is 7.46. The van der Waals surface area contributed by atoms with E-state index in [2.05, 4.69) is 41.3 Å². The number of fused-ring (bicyclic) bond motifs is 1. The van der Waals surface area contributed by atoms with Gasteiger partial charge in [-0.05, 0) is 36.8 Å². The van der Waals surface area contributed by atoms with Gasteiger partial charge in [0.05, 0.1) is 12.0 Å². The maximum absolute atomic E-state index is 6.06. The quantitative estimate of drug-likeness (QED) is 0.926. The van der Waals surface area contributed by atoms with Crippen LogP contribution in [0.25, 0.3) is 0 Å². The number of rotatable bonds is 4. The van der Waals surface area contributed by atoms with E-state index >= 15 is 0 Å². The number of nitrogens with two attached hydrogens (primary N) is 1. The Labute approximate surface area is 119 Å². The second-order valence-electron chi connectivity index (χ2n) is 5.53. The molecular formula is C16H21N3O. The minimum Gasteiger partial charge on any atom is -0.339 e. The first-order chi connectivity index (χ1) is 9.79. The van der Waals surface area contributed by atoms with Gasteiger partial charge in [-0.15, -0.1) is 0 Å². The predicted octanol–water partition coefficient (Wildman–Crippen LogP) is 3.34. The Morgan fingerprint density at radius 2 is 2.25 bits per heavy atom. The van der Waals surface area contributed by atoms with E-state index in [-0.39, 0.29) is 12.0 Å². The van der Waals surface area contributed by atoms with Gasteiger partial charge < -0.3 is 10.3 Å². The van der Waals surface area contributed by atoms with Crippen LogP contribution in [0.5, 0.6) is 0 Å². The molecule has 2 unspecified atom stereocenters. The third-order valence-electron chi connectivity index (χ3n) is 4.06. The van der Waals surface area contributed by atoms with E-state index in [9.17, 15) is 0 Å². The van der Waals surface area contributed by atoms with Crippen LogP contribution < -0.4 is 5.73 Å². The fraction of sp³-hybridized carbons (Fsp3) is 0.500. The molecule has 2 N–H and O–H groups in total. The van der Waals surface area contributed by atoms with Gasteiger partial charge in [-0.2, -0.15) is 4.98 Å². The van der Waals surface area contributed by atoms with Gasteiger partial charge in [-0.3, -0.25) is 0 Å². The molecule has 0 radical (unpaired) electrons. The summed E-state index contributed by atoms with van der Waals surface area (Å²) in [6, 6.07) is 8.43. The molecule has 1 aliphatic carbocycles. The molecule has 4 heteroatoms. The van der Waals surface area contributed by atoms with Gasteiger partial charge in [0.2, 0.25) is 5.89 Å². The van der Waals surface area contributed by atoms with Gasteiger partial charge in [0, 0.05) is 0 Å². The molecule has 3 rings (SSSR count). The molecule has 106 valence electrons. The Kier molecular flexibility index (Phi) is 3.83. The van der Waals surface area contributed by atoms with Crippen LogP contribution in [0, 0.1) is 0 Å². The summed E-state index contributed by atoms with van der Waals surface area (Å²) in [5.41, 5.74) is 8.79. The molecule has 0 aliphatic heterocycles. The van der Waals surface area contributed by atoms with Crippen LogP contribution >= 0.6 is 0 Å². The Hall–Kier alpha value is -1.68. The summed E-state index contributed by atoms with van der Waals surface area (Å²) < 4.78 is 5.49. The molecule has 0 spiro atoms. The Morgan fingerprint density at radius 1 is 1.40 bits per heavy atom. The molecule has 1 heterocycles. The zero-order valence-corrected chi connectivity index (χ0v) is 11.9. The molecule has 1 aliphatic rings. The van der Waals surface area contributed by atoms with E-state index < -0.39 is 0 Å². The van der Waals surface area contributed by atoms with Crippen LogP contribution in [-0.4, -0.2) is 10.1 Å². The second kappa shape index (κ2) is 5.75. The molecule has 0 saturated carbocycles. The smallest absolute Gasteiger partial charge is 0.234 e. The highest BCUT2D eigenvalue weighted by Crippen LogP contribution is 2.35. The first kappa shape index (κ1) is 13.3. The fourth-order valence-electron chi connectivity index (χ4n) is 2.99. The largest absolute Gasteiger partial charge is 0.339 e. The minimum absolute atomic E-state index is 0.115. The molecule has 1 aromatic carbocycles. The molecule has 0 amide bonds. The highest BCUT2D eigenvalue weighted by atomic mass is 16.5. The summed E-state index contributed by atoms with van der Waals surface area (Å²) in [4.78, 5) is 4.55. The third kappa shape index (κ3) is 2.48. The molecule has 0 fully saturated rings. The van der Waals surface area contributed by atoms with Gasteiger partial charge in [0.25, 0.3) is 0 Å². The summed E-state index contributed by atoms with van der Waals surface area (Å²) in [6.07, 6.45) is 5.29. The van der Waals surface area contributed by atoms with Gasteiger partial charge in [0.1, 0.15) is 0 Å². The number of benzene rings is 1. The van der Waals surface area contributed by atoms with E-state index in [1.54, 1.807) is 0 Å². The second-order valence-corrected chi connectivity index (χ2v) is 5.53. The van der Waals surface area contributed by atoms with Crippen molar-refractivity contribution in [3.05, 3.63) is 47.1 Å². The number of nitrogens with zero attached hydrogens (tertiary/aromatic N) is 2. The van der Waals surface area contributed by atoms with Crippen LogP contribution in [0.15, 0.2) is 28.8 Å². The van der Waals surface area contributed by atoms with Crippen LogP contribution in [0.3, 0.4) is 0 Å². The van der Waals surface area contributed by atoms with Gasteiger partial charge >= 0.3 is 0 Å². The third-order valence-corrected chi connectivity index (χ3v) is 4.06. The van der Waals surface area contributed by atoms with Crippen molar-refractivity contribution < 1.29 is 4.52 Å². The lowest BCUT2D eigenvalue weighted by atomic mass is 9.83. The highest BCUT2D eigenvalue weighted by molar-refractivity contribution is 5.35. The van der Waals surface area contributed by atoms with Crippen molar-refractivity contribution in [1.82, 2.24) is 10.1 Å². The molecule has 4 nitrogen and oxygen atoms in total. The summed E-state index contributed by atoms with van der Waals surface area (Å²) in [7, 11) is 0. The monoisotopic (exact) mass is 271 g/mol. The standard InChI is InChI=1S/C16H21N3O/c1-2-6-14(17)15-18-16(20-19-15)13-10-5-8-11-7-3-4-9-12(11)13/h3-4,7,9,13-14H,2,5-6,8,10,17H2,1H3. The fourth-order valence-corrected chi connectivity index (χ4v) is 2.99. The van der Waals surface area contributed by atoms with Crippen molar-refractivity contribution in [2.45, 2.75) is 51.0 Å². The maximum Gasteiger partial charge on any atom is 0.234 e. The van der Waals surface area contributed by atoms with E-state index in [0.29, 0.717) is 5.82 Å². The van der Waals surface area contributed by atoms with Crippen LogP contribution in [0.4, 0.5) is 0 Å². The minimum atomic E-state index is -0.115. The van der Waals surface area contributed by atoms with Crippen molar-refractivity contribution in [2.24, 2.45) is 5.73 Å². The van der Waals surface area contributed by atoms with Gasteiger partial charge in [-0.1, -0.05) is 42.8 Å². The predicted molar refractivity (Wildman–Crippen MR) is 77.4 cm³/mol. The van der Waals surface area contributed by atoms with Gasteiger partial charge in [0.15, 0.2) is 5.82 Å². The molecule has 2 atom stereocenters. The molecule has 20 heavy (non-hydrogen) atoms. The number of hydrogen-bond donors (Lipinski definition) is 1. The first-order valence-corrected chi connectivity index (χ1v) is 7.46. The van der Waals surface area contributed by atoms with Crippen LogP contribution in [0.1, 0.15) is 67.4 Å². The molecule has 1 aromatic heterocycles. The summed E-state index contributed by atoms with van der Waals surface area (Å²) in [5.74, 6) is 1.60. The Bertz CT molecular complexity index is 579. The van der Waals surface area contributed by atoms with E-state index in [0.717, 1.165) is 31.6 Å². The van der Waals surface area contributed by atoms with Crippen molar-refractivity contribution in [2.75, 3.05) is 0 Å². The molecular weight excluding hydrogens is 250 g/mol. The lowest BCUT2D eigenvalue weighted by Crippen LogP contribution is -2.13. The number of aryl methyl sites for hydroxylation is 1.